The van der Waals surface area contributed by atoms with Gasteiger partial charge in [0, 0.05) is 5.92 Å². The fraction of sp³-hybridized carbons (Fsp3) is 0.200. The van der Waals surface area contributed by atoms with E-state index < -0.39 is 17.6 Å². The second-order valence-corrected chi connectivity index (χ2v) is 7.87. The molecule has 0 saturated heterocycles. The first kappa shape index (κ1) is 20.0. The topological polar surface area (TPSA) is 105 Å². The van der Waals surface area contributed by atoms with E-state index in [9.17, 15) is 27.9 Å². The SMILES string of the molecule is NC(=O)c1cc(C(F)(F)F)ccc1Oc1ccc2c(c1)CC[C@H]2c1sc(=O)[nH]c1O. The Bertz CT molecular complexity index is 1200. The Hall–Kier alpha value is -3.27. The number of hydrogen-bond acceptors (Lipinski definition) is 5. The fourth-order valence-corrected chi connectivity index (χ4v) is 4.49. The van der Waals surface area contributed by atoms with Gasteiger partial charge in [-0.3, -0.25) is 14.6 Å². The third-order valence-corrected chi connectivity index (χ3v) is 5.95. The summed E-state index contributed by atoms with van der Waals surface area (Å²) in [6.07, 6.45) is -3.26. The predicted molar refractivity (Wildman–Crippen MR) is 103 cm³/mol. The molecule has 1 atom stereocenters. The zero-order valence-corrected chi connectivity index (χ0v) is 16.1. The number of H-pyrrole nitrogens is 1. The van der Waals surface area contributed by atoms with Gasteiger partial charge in [-0.15, -0.1) is 0 Å². The number of fused-ring (bicyclic) bond motifs is 1. The molecule has 30 heavy (non-hydrogen) atoms. The van der Waals surface area contributed by atoms with Crippen LogP contribution in [0.25, 0.3) is 0 Å². The summed E-state index contributed by atoms with van der Waals surface area (Å²) in [5.41, 5.74) is 5.72. The van der Waals surface area contributed by atoms with Crippen LogP contribution >= 0.6 is 11.3 Å². The highest BCUT2D eigenvalue weighted by atomic mass is 32.1. The van der Waals surface area contributed by atoms with Crippen molar-refractivity contribution in [2.75, 3.05) is 0 Å². The van der Waals surface area contributed by atoms with Crippen LogP contribution in [0.15, 0.2) is 41.2 Å². The van der Waals surface area contributed by atoms with Crippen LogP contribution in [-0.2, 0) is 12.6 Å². The molecule has 0 fully saturated rings. The van der Waals surface area contributed by atoms with Gasteiger partial charge in [0.1, 0.15) is 11.5 Å². The van der Waals surface area contributed by atoms with Crippen LogP contribution in [0.1, 0.15) is 44.3 Å². The standard InChI is InChI=1S/C20H15F3N2O4S/c21-20(22,23)10-2-6-15(14(8-10)17(24)26)29-11-3-5-12-9(7-11)1-4-13(12)16-18(27)25-19(28)30-16/h2-3,5-8,13,27H,1,4H2,(H2,24,26)(H,25,28)/t13-/m1/s1. The average molecular weight is 436 g/mol. The Morgan fingerprint density at radius 1 is 1.23 bits per heavy atom. The number of ether oxygens (including phenoxy) is 1. The van der Waals surface area contributed by atoms with Crippen molar-refractivity contribution in [2.24, 2.45) is 5.73 Å². The van der Waals surface area contributed by atoms with Crippen molar-refractivity contribution in [1.29, 1.82) is 0 Å². The molecule has 1 aliphatic rings. The number of primary amides is 1. The Balaban J connectivity index is 1.64. The minimum atomic E-state index is -4.61. The van der Waals surface area contributed by atoms with E-state index >= 15 is 0 Å². The molecule has 0 saturated carbocycles. The number of hydrogen-bond donors (Lipinski definition) is 3. The number of aromatic nitrogens is 1. The van der Waals surface area contributed by atoms with Crippen LogP contribution in [-0.4, -0.2) is 16.0 Å². The van der Waals surface area contributed by atoms with Crippen LogP contribution in [0.5, 0.6) is 17.4 Å². The summed E-state index contributed by atoms with van der Waals surface area (Å²) in [5.74, 6) is -1.05. The van der Waals surface area contributed by atoms with Crippen molar-refractivity contribution in [3.63, 3.8) is 0 Å². The van der Waals surface area contributed by atoms with Gasteiger partial charge in [0.15, 0.2) is 0 Å². The van der Waals surface area contributed by atoms with Crippen molar-refractivity contribution < 1.29 is 27.8 Å². The van der Waals surface area contributed by atoms with Crippen molar-refractivity contribution >= 4 is 17.2 Å². The molecule has 0 unspecified atom stereocenters. The number of amides is 1. The van der Waals surface area contributed by atoms with Crippen LogP contribution < -0.4 is 15.3 Å². The Labute approximate surface area is 171 Å². The molecule has 0 spiro atoms. The lowest BCUT2D eigenvalue weighted by atomic mass is 10.00. The number of thiazole rings is 1. The maximum absolute atomic E-state index is 12.9. The second kappa shape index (κ2) is 7.21. The smallest absolute Gasteiger partial charge is 0.416 e. The molecule has 0 radical (unpaired) electrons. The number of carbonyl (C=O) groups is 1. The normalized spacial score (nSPS) is 15.8. The van der Waals surface area contributed by atoms with E-state index in [1.54, 1.807) is 18.2 Å². The first-order valence-electron chi connectivity index (χ1n) is 8.87. The number of nitrogens with two attached hydrogens (primary N) is 1. The van der Waals surface area contributed by atoms with E-state index in [1.807, 2.05) is 0 Å². The van der Waals surface area contributed by atoms with Crippen molar-refractivity contribution in [3.8, 4) is 17.4 Å². The van der Waals surface area contributed by atoms with Crippen molar-refractivity contribution in [3.05, 3.63) is 73.2 Å². The monoisotopic (exact) mass is 436 g/mol. The first-order chi connectivity index (χ1) is 14.1. The van der Waals surface area contributed by atoms with E-state index in [1.165, 1.54) is 0 Å². The van der Waals surface area contributed by atoms with Gasteiger partial charge in [-0.25, -0.2) is 0 Å². The molecule has 10 heteroatoms. The molecule has 0 aliphatic heterocycles. The number of carbonyl (C=O) groups excluding carboxylic acids is 1. The third kappa shape index (κ3) is 3.65. The summed E-state index contributed by atoms with van der Waals surface area (Å²) >= 11 is 0.955. The molecule has 1 aromatic heterocycles. The van der Waals surface area contributed by atoms with E-state index in [0.717, 1.165) is 34.6 Å². The maximum atomic E-state index is 12.9. The maximum Gasteiger partial charge on any atom is 0.416 e. The highest BCUT2D eigenvalue weighted by Gasteiger charge is 2.32. The largest absolute Gasteiger partial charge is 0.494 e. The Morgan fingerprint density at radius 2 is 2.00 bits per heavy atom. The lowest BCUT2D eigenvalue weighted by Crippen LogP contribution is -2.14. The van der Waals surface area contributed by atoms with E-state index in [2.05, 4.69) is 4.98 Å². The number of halogens is 3. The molecule has 156 valence electrons. The average Bonchev–Trinajstić information content (AvgIpc) is 3.22. The molecular formula is C20H15F3N2O4S. The number of rotatable bonds is 4. The van der Waals surface area contributed by atoms with Crippen LogP contribution in [0.2, 0.25) is 0 Å². The predicted octanol–water partition coefficient (Wildman–Crippen LogP) is 4.13. The lowest BCUT2D eigenvalue weighted by Gasteiger charge is -2.14. The highest BCUT2D eigenvalue weighted by Crippen LogP contribution is 2.43. The Morgan fingerprint density at radius 3 is 2.63 bits per heavy atom. The van der Waals surface area contributed by atoms with E-state index in [0.29, 0.717) is 29.5 Å². The van der Waals surface area contributed by atoms with Gasteiger partial charge in [0.05, 0.1) is 16.0 Å². The number of nitrogens with one attached hydrogen (secondary N) is 1. The fourth-order valence-electron chi connectivity index (χ4n) is 3.61. The molecule has 1 heterocycles. The molecule has 4 rings (SSSR count). The van der Waals surface area contributed by atoms with Crippen LogP contribution in [0.4, 0.5) is 13.2 Å². The van der Waals surface area contributed by atoms with Gasteiger partial charge >= 0.3 is 11.0 Å². The van der Waals surface area contributed by atoms with Crippen LogP contribution in [0, 0.1) is 0 Å². The molecule has 1 amide bonds. The van der Waals surface area contributed by atoms with Gasteiger partial charge in [-0.2, -0.15) is 13.2 Å². The number of alkyl halides is 3. The number of benzene rings is 2. The molecule has 3 aromatic rings. The molecular weight excluding hydrogens is 421 g/mol. The molecule has 0 bridgehead atoms. The van der Waals surface area contributed by atoms with Gasteiger partial charge in [0.2, 0.25) is 5.88 Å². The zero-order valence-electron chi connectivity index (χ0n) is 15.2. The number of aromatic amines is 1. The van der Waals surface area contributed by atoms with Gasteiger partial charge in [-0.05, 0) is 54.3 Å². The minimum absolute atomic E-state index is 0.0773. The Kier molecular flexibility index (Phi) is 4.81. The van der Waals surface area contributed by atoms with Gasteiger partial charge < -0.3 is 15.6 Å². The van der Waals surface area contributed by atoms with Crippen molar-refractivity contribution in [1.82, 2.24) is 4.98 Å². The number of aromatic hydroxyl groups is 1. The second-order valence-electron chi connectivity index (χ2n) is 6.85. The molecule has 6 nitrogen and oxygen atoms in total. The first-order valence-corrected chi connectivity index (χ1v) is 9.69. The molecule has 1 aliphatic carbocycles. The summed E-state index contributed by atoms with van der Waals surface area (Å²) in [7, 11) is 0. The third-order valence-electron chi connectivity index (χ3n) is 4.97. The molecule has 4 N–H and O–H groups in total. The van der Waals surface area contributed by atoms with E-state index in [4.69, 9.17) is 10.5 Å². The summed E-state index contributed by atoms with van der Waals surface area (Å²) < 4.78 is 44.4. The van der Waals surface area contributed by atoms with E-state index in [-0.39, 0.29) is 28.0 Å². The summed E-state index contributed by atoms with van der Waals surface area (Å²) in [6, 6.07) is 7.67. The van der Waals surface area contributed by atoms with Crippen molar-refractivity contribution in [2.45, 2.75) is 24.9 Å². The summed E-state index contributed by atoms with van der Waals surface area (Å²) in [4.78, 5) is 25.7. The lowest BCUT2D eigenvalue weighted by molar-refractivity contribution is -0.137. The van der Waals surface area contributed by atoms with Gasteiger partial charge in [0.25, 0.3) is 5.91 Å². The zero-order chi connectivity index (χ0) is 21.6. The quantitative estimate of drug-likeness (QED) is 0.572. The van der Waals surface area contributed by atoms with Gasteiger partial charge in [-0.1, -0.05) is 17.4 Å². The minimum Gasteiger partial charge on any atom is -0.494 e. The molecule has 2 aromatic carbocycles. The van der Waals surface area contributed by atoms with Crippen LogP contribution in [0.3, 0.4) is 0 Å². The highest BCUT2D eigenvalue weighted by molar-refractivity contribution is 7.09. The summed E-state index contributed by atoms with van der Waals surface area (Å²) in [5, 5.41) is 9.94. The number of aryl methyl sites for hydroxylation is 1. The summed E-state index contributed by atoms with van der Waals surface area (Å²) in [6.45, 7) is 0.